The van der Waals surface area contributed by atoms with Crippen LogP contribution in [0.5, 0.6) is 0 Å². The summed E-state index contributed by atoms with van der Waals surface area (Å²) in [5.74, 6) is -0.481. The van der Waals surface area contributed by atoms with Crippen LogP contribution in [0.2, 0.25) is 0 Å². The lowest BCUT2D eigenvalue weighted by molar-refractivity contribution is 0.0606. The normalized spacial score (nSPS) is 14.1. The summed E-state index contributed by atoms with van der Waals surface area (Å²) in [4.78, 5) is 38.0. The Hall–Kier alpha value is -2.86. The molecule has 6 nitrogen and oxygen atoms in total. The molecule has 0 bridgehead atoms. The van der Waals surface area contributed by atoms with Crippen molar-refractivity contribution in [3.8, 4) is 0 Å². The first kappa shape index (κ1) is 15.7. The maximum atomic E-state index is 13.0. The van der Waals surface area contributed by atoms with Crippen LogP contribution in [-0.4, -0.2) is 58.8 Å². The van der Waals surface area contributed by atoms with Crippen LogP contribution >= 0.6 is 0 Å². The number of hydrogen-bond acceptors (Lipinski definition) is 5. The second kappa shape index (κ2) is 5.89. The van der Waals surface area contributed by atoms with Crippen molar-refractivity contribution in [2.45, 2.75) is 6.42 Å². The number of carbonyl (C=O) groups excluding carboxylic acids is 2. The molecule has 2 heterocycles. The quantitative estimate of drug-likeness (QED) is 0.541. The van der Waals surface area contributed by atoms with Gasteiger partial charge in [-0.05, 0) is 39.2 Å². The number of hydrogen-bond donors (Lipinski definition) is 0. The van der Waals surface area contributed by atoms with Crippen LogP contribution in [0.15, 0.2) is 36.7 Å². The Labute approximate surface area is 145 Å². The van der Waals surface area contributed by atoms with Gasteiger partial charge in [-0.25, -0.2) is 0 Å². The van der Waals surface area contributed by atoms with Crippen molar-refractivity contribution in [3.05, 3.63) is 47.8 Å². The number of aromatic nitrogens is 2. The minimum atomic E-state index is -0.250. The summed E-state index contributed by atoms with van der Waals surface area (Å²) >= 11 is 0. The van der Waals surface area contributed by atoms with Gasteiger partial charge in [0.1, 0.15) is 0 Å². The molecule has 2 aromatic carbocycles. The second-order valence-electron chi connectivity index (χ2n) is 6.50. The Morgan fingerprint density at radius 2 is 1.80 bits per heavy atom. The van der Waals surface area contributed by atoms with Crippen molar-refractivity contribution < 1.29 is 9.59 Å². The van der Waals surface area contributed by atoms with Crippen molar-refractivity contribution in [1.29, 1.82) is 0 Å². The number of imide groups is 1. The Morgan fingerprint density at radius 1 is 1.04 bits per heavy atom. The van der Waals surface area contributed by atoms with Crippen LogP contribution in [0.25, 0.3) is 21.8 Å². The van der Waals surface area contributed by atoms with E-state index in [0.29, 0.717) is 34.1 Å². The van der Waals surface area contributed by atoms with Gasteiger partial charge in [-0.1, -0.05) is 12.1 Å². The van der Waals surface area contributed by atoms with Gasteiger partial charge in [0.05, 0.1) is 16.6 Å². The Balaban J connectivity index is 1.88. The third kappa shape index (κ3) is 2.46. The van der Waals surface area contributed by atoms with E-state index in [0.717, 1.165) is 18.4 Å². The number of nitrogens with zero attached hydrogens (tertiary/aromatic N) is 4. The number of amides is 2. The summed E-state index contributed by atoms with van der Waals surface area (Å²) in [5.41, 5.74) is 2.47. The van der Waals surface area contributed by atoms with Crippen LogP contribution in [0.1, 0.15) is 27.1 Å². The molecule has 0 saturated carbocycles. The van der Waals surface area contributed by atoms with Gasteiger partial charge in [0.2, 0.25) is 0 Å². The molecule has 0 spiro atoms. The SMILES string of the molecule is CN(C)CCCN1C(=O)c2cccc3c2c(cc2nccnc23)C1=O. The Kier molecular flexibility index (Phi) is 3.69. The first-order chi connectivity index (χ1) is 12.1. The first-order valence-electron chi connectivity index (χ1n) is 8.25. The summed E-state index contributed by atoms with van der Waals surface area (Å²) < 4.78 is 0. The molecule has 25 heavy (non-hydrogen) atoms. The van der Waals surface area contributed by atoms with E-state index in [9.17, 15) is 9.59 Å². The molecule has 0 atom stereocenters. The van der Waals surface area contributed by atoms with E-state index >= 15 is 0 Å². The topological polar surface area (TPSA) is 66.4 Å². The standard InChI is InChI=1S/C19H18N4O2/c1-22(2)9-4-10-23-18(24)13-6-3-5-12-16(13)14(19(23)25)11-15-17(12)21-8-7-20-15/h3,5-8,11H,4,9-10H2,1-2H3. The highest BCUT2D eigenvalue weighted by atomic mass is 16.2. The van der Waals surface area contributed by atoms with Gasteiger partial charge >= 0.3 is 0 Å². The average Bonchev–Trinajstić information content (AvgIpc) is 2.62. The fourth-order valence-corrected chi connectivity index (χ4v) is 3.39. The molecule has 1 aromatic heterocycles. The van der Waals surface area contributed by atoms with Crippen molar-refractivity contribution >= 4 is 33.6 Å². The van der Waals surface area contributed by atoms with E-state index in [1.165, 1.54) is 4.90 Å². The molecule has 0 fully saturated rings. The number of carbonyl (C=O) groups is 2. The second-order valence-corrected chi connectivity index (χ2v) is 6.50. The molecule has 0 saturated heterocycles. The molecular weight excluding hydrogens is 316 g/mol. The molecule has 0 radical (unpaired) electrons. The number of benzene rings is 2. The molecule has 1 aliphatic heterocycles. The predicted octanol–water partition coefficient (Wildman–Crippen LogP) is 2.33. The molecule has 4 rings (SSSR count). The molecule has 1 aliphatic rings. The lowest BCUT2D eigenvalue weighted by Crippen LogP contribution is -2.41. The fourth-order valence-electron chi connectivity index (χ4n) is 3.39. The maximum Gasteiger partial charge on any atom is 0.261 e. The van der Waals surface area contributed by atoms with Crippen molar-refractivity contribution in [2.75, 3.05) is 27.2 Å². The lowest BCUT2D eigenvalue weighted by atomic mass is 9.93. The number of fused-ring (bicyclic) bond motifs is 2. The largest absolute Gasteiger partial charge is 0.309 e. The third-order valence-electron chi connectivity index (χ3n) is 4.53. The van der Waals surface area contributed by atoms with Gasteiger partial charge in [0, 0.05) is 35.3 Å². The van der Waals surface area contributed by atoms with E-state index < -0.39 is 0 Å². The van der Waals surface area contributed by atoms with Gasteiger partial charge in [0.15, 0.2) is 0 Å². The van der Waals surface area contributed by atoms with E-state index in [1.54, 1.807) is 24.5 Å². The third-order valence-corrected chi connectivity index (χ3v) is 4.53. The summed E-state index contributed by atoms with van der Waals surface area (Å²) in [5, 5.41) is 1.49. The van der Waals surface area contributed by atoms with Gasteiger partial charge in [-0.3, -0.25) is 24.5 Å². The summed E-state index contributed by atoms with van der Waals surface area (Å²) in [7, 11) is 3.95. The highest BCUT2D eigenvalue weighted by Gasteiger charge is 2.33. The van der Waals surface area contributed by atoms with Crippen LogP contribution in [0.3, 0.4) is 0 Å². The van der Waals surface area contributed by atoms with Crippen LogP contribution < -0.4 is 0 Å². The van der Waals surface area contributed by atoms with Gasteiger partial charge in [-0.15, -0.1) is 0 Å². The highest BCUT2D eigenvalue weighted by Crippen LogP contribution is 2.33. The molecule has 2 amide bonds. The lowest BCUT2D eigenvalue weighted by Gasteiger charge is -2.27. The van der Waals surface area contributed by atoms with Gasteiger partial charge in [-0.2, -0.15) is 0 Å². The smallest absolute Gasteiger partial charge is 0.261 e. The Bertz CT molecular complexity index is 1010. The molecule has 3 aromatic rings. The minimum absolute atomic E-state index is 0.231. The number of rotatable bonds is 4. The van der Waals surface area contributed by atoms with Crippen molar-refractivity contribution in [2.24, 2.45) is 0 Å². The van der Waals surface area contributed by atoms with E-state index in [4.69, 9.17) is 0 Å². The summed E-state index contributed by atoms with van der Waals surface area (Å²) in [6.07, 6.45) is 3.97. The van der Waals surface area contributed by atoms with Gasteiger partial charge < -0.3 is 4.90 Å². The monoisotopic (exact) mass is 334 g/mol. The molecule has 126 valence electrons. The summed E-state index contributed by atoms with van der Waals surface area (Å²) in [6.45, 7) is 1.22. The highest BCUT2D eigenvalue weighted by molar-refractivity contribution is 6.28. The van der Waals surface area contributed by atoms with E-state index in [2.05, 4.69) is 9.97 Å². The molecule has 6 heteroatoms. The maximum absolute atomic E-state index is 13.0. The molecular formula is C19H18N4O2. The molecule has 0 N–H and O–H groups in total. The van der Waals surface area contributed by atoms with Crippen LogP contribution in [0, 0.1) is 0 Å². The van der Waals surface area contributed by atoms with E-state index in [-0.39, 0.29) is 11.8 Å². The Morgan fingerprint density at radius 3 is 2.60 bits per heavy atom. The van der Waals surface area contributed by atoms with Crippen LogP contribution in [0.4, 0.5) is 0 Å². The zero-order chi connectivity index (χ0) is 17.6. The average molecular weight is 334 g/mol. The molecule has 0 aliphatic carbocycles. The van der Waals surface area contributed by atoms with E-state index in [1.807, 2.05) is 31.1 Å². The van der Waals surface area contributed by atoms with Crippen molar-refractivity contribution in [1.82, 2.24) is 19.8 Å². The zero-order valence-corrected chi connectivity index (χ0v) is 14.2. The first-order valence-corrected chi connectivity index (χ1v) is 8.25. The molecule has 0 unspecified atom stereocenters. The predicted molar refractivity (Wildman–Crippen MR) is 95.6 cm³/mol. The van der Waals surface area contributed by atoms with Gasteiger partial charge in [0.25, 0.3) is 11.8 Å². The van der Waals surface area contributed by atoms with Crippen LogP contribution in [-0.2, 0) is 0 Å². The summed E-state index contributed by atoms with van der Waals surface area (Å²) in [6, 6.07) is 7.26. The fraction of sp³-hybridized carbons (Fsp3) is 0.263. The minimum Gasteiger partial charge on any atom is -0.309 e. The zero-order valence-electron chi connectivity index (χ0n) is 14.2. The van der Waals surface area contributed by atoms with Crippen molar-refractivity contribution in [3.63, 3.8) is 0 Å².